The van der Waals surface area contributed by atoms with Crippen molar-refractivity contribution in [1.82, 2.24) is 5.32 Å². The molecule has 1 aromatic carbocycles. The van der Waals surface area contributed by atoms with Gasteiger partial charge in [0.05, 0.1) is 11.7 Å². The Bertz CT molecular complexity index is 449. The minimum Gasteiger partial charge on any atom is -0.389 e. The molecule has 3 N–H and O–H groups in total. The molecule has 1 aliphatic carbocycles. The van der Waals surface area contributed by atoms with Crippen LogP contribution in [0.1, 0.15) is 43.8 Å². The molecule has 0 unspecified atom stereocenters. The van der Waals surface area contributed by atoms with Crippen LogP contribution in [0.5, 0.6) is 0 Å². The van der Waals surface area contributed by atoms with Crippen molar-refractivity contribution in [1.29, 1.82) is 5.26 Å². The third kappa shape index (κ3) is 3.80. The Kier molecular flexibility index (Phi) is 5.13. The fourth-order valence-corrected chi connectivity index (χ4v) is 2.76. The number of hydrogen-bond acceptors (Lipinski definition) is 4. The molecule has 1 fully saturated rings. The number of nitrogens with zero attached hydrogens (tertiary/aromatic N) is 1. The van der Waals surface area contributed by atoms with Crippen LogP contribution < -0.4 is 5.32 Å². The molecule has 0 aromatic heterocycles. The maximum absolute atomic E-state index is 10.4. The first-order valence-electron chi connectivity index (χ1n) is 7.23. The molecule has 1 aliphatic rings. The van der Waals surface area contributed by atoms with E-state index >= 15 is 0 Å². The lowest BCUT2D eigenvalue weighted by atomic mass is 9.84. The van der Waals surface area contributed by atoms with Crippen LogP contribution in [-0.2, 0) is 0 Å². The third-order valence-corrected chi connectivity index (χ3v) is 4.03. The summed E-state index contributed by atoms with van der Waals surface area (Å²) in [5.74, 6) is 0. The molecule has 0 spiro atoms. The van der Waals surface area contributed by atoms with Crippen molar-refractivity contribution in [2.45, 2.75) is 49.9 Å². The molecule has 2 rings (SSSR count). The summed E-state index contributed by atoms with van der Waals surface area (Å²) in [6, 6.07) is 10.5. The van der Waals surface area contributed by atoms with Gasteiger partial charge in [0.25, 0.3) is 0 Å². The summed E-state index contributed by atoms with van der Waals surface area (Å²) < 4.78 is 0. The van der Waals surface area contributed by atoms with Crippen molar-refractivity contribution < 1.29 is 10.2 Å². The Labute approximate surface area is 120 Å². The molecule has 1 aromatic rings. The zero-order valence-corrected chi connectivity index (χ0v) is 11.6. The van der Waals surface area contributed by atoms with Gasteiger partial charge in [-0.15, -0.1) is 0 Å². The van der Waals surface area contributed by atoms with Crippen LogP contribution in [0.3, 0.4) is 0 Å². The molecule has 0 bridgehead atoms. The largest absolute Gasteiger partial charge is 0.389 e. The monoisotopic (exact) mass is 274 g/mol. The first-order valence-corrected chi connectivity index (χ1v) is 7.23. The van der Waals surface area contributed by atoms with Crippen molar-refractivity contribution in [3.8, 4) is 6.07 Å². The van der Waals surface area contributed by atoms with Crippen molar-refractivity contribution in [2.75, 3.05) is 6.54 Å². The Morgan fingerprint density at radius 2 is 1.85 bits per heavy atom. The second kappa shape index (κ2) is 6.85. The Balaban J connectivity index is 1.94. The summed E-state index contributed by atoms with van der Waals surface area (Å²) in [6.45, 7) is 0.356. The molecule has 0 amide bonds. The molecule has 0 aliphatic heterocycles. The van der Waals surface area contributed by atoms with Crippen LogP contribution in [0, 0.1) is 11.3 Å². The standard InChI is InChI=1S/C16H22N2O2/c17-11-14(15(19)13-7-3-1-4-8-13)18-12-16(20)9-5-2-6-10-16/h1,3-4,7-8,14-15,18-20H,2,5-6,9-10,12H2/t14-,15+/m1/s1. The van der Waals surface area contributed by atoms with Gasteiger partial charge >= 0.3 is 0 Å². The van der Waals surface area contributed by atoms with Gasteiger partial charge in [0.2, 0.25) is 0 Å². The molecule has 1 saturated carbocycles. The lowest BCUT2D eigenvalue weighted by Crippen LogP contribution is -2.47. The van der Waals surface area contributed by atoms with E-state index in [1.165, 1.54) is 0 Å². The van der Waals surface area contributed by atoms with E-state index in [1.54, 1.807) is 12.1 Å². The van der Waals surface area contributed by atoms with Gasteiger partial charge < -0.3 is 10.2 Å². The highest BCUT2D eigenvalue weighted by molar-refractivity contribution is 5.21. The van der Waals surface area contributed by atoms with Gasteiger partial charge in [-0.2, -0.15) is 5.26 Å². The van der Waals surface area contributed by atoms with Crippen molar-refractivity contribution in [3.05, 3.63) is 35.9 Å². The molecule has 20 heavy (non-hydrogen) atoms. The van der Waals surface area contributed by atoms with E-state index in [0.717, 1.165) is 32.1 Å². The van der Waals surface area contributed by atoms with Gasteiger partial charge in [-0.25, -0.2) is 0 Å². The molecule has 108 valence electrons. The van der Waals surface area contributed by atoms with Crippen LogP contribution in [0.25, 0.3) is 0 Å². The quantitative estimate of drug-likeness (QED) is 0.766. The van der Waals surface area contributed by atoms with Crippen LogP contribution >= 0.6 is 0 Å². The van der Waals surface area contributed by atoms with Crippen LogP contribution in [0.15, 0.2) is 30.3 Å². The fourth-order valence-electron chi connectivity index (χ4n) is 2.76. The van der Waals surface area contributed by atoms with Crippen LogP contribution in [-0.4, -0.2) is 28.4 Å². The van der Waals surface area contributed by atoms with E-state index in [4.69, 9.17) is 0 Å². The molecular formula is C16H22N2O2. The van der Waals surface area contributed by atoms with E-state index in [2.05, 4.69) is 11.4 Å². The first kappa shape index (κ1) is 15.0. The van der Waals surface area contributed by atoms with Crippen LogP contribution in [0.2, 0.25) is 0 Å². The number of hydrogen-bond donors (Lipinski definition) is 3. The lowest BCUT2D eigenvalue weighted by Gasteiger charge is -2.33. The Morgan fingerprint density at radius 3 is 2.45 bits per heavy atom. The SMILES string of the molecule is N#C[C@@H](NCC1(O)CCCCC1)[C@@H](O)c1ccccc1. The summed E-state index contributed by atoms with van der Waals surface area (Å²) in [7, 11) is 0. The third-order valence-electron chi connectivity index (χ3n) is 4.03. The molecule has 4 heteroatoms. The van der Waals surface area contributed by atoms with Gasteiger partial charge in [0.15, 0.2) is 0 Å². The maximum Gasteiger partial charge on any atom is 0.126 e. The van der Waals surface area contributed by atoms with Crippen LogP contribution in [0.4, 0.5) is 0 Å². The van der Waals surface area contributed by atoms with Crippen molar-refractivity contribution in [2.24, 2.45) is 0 Å². The van der Waals surface area contributed by atoms with E-state index in [1.807, 2.05) is 18.2 Å². The lowest BCUT2D eigenvalue weighted by molar-refractivity contribution is -0.0000526. The molecular weight excluding hydrogens is 252 g/mol. The van der Waals surface area contributed by atoms with Gasteiger partial charge in [0.1, 0.15) is 12.1 Å². The molecule has 0 heterocycles. The predicted molar refractivity (Wildman–Crippen MR) is 76.8 cm³/mol. The number of aliphatic hydroxyl groups is 2. The minimum absolute atomic E-state index is 0.356. The van der Waals surface area contributed by atoms with E-state index < -0.39 is 17.7 Å². The predicted octanol–water partition coefficient (Wildman–Crippen LogP) is 1.90. The molecule has 0 radical (unpaired) electrons. The average molecular weight is 274 g/mol. The molecule has 4 nitrogen and oxygen atoms in total. The van der Waals surface area contributed by atoms with Crippen molar-refractivity contribution in [3.63, 3.8) is 0 Å². The number of rotatable bonds is 5. The van der Waals surface area contributed by atoms with Gasteiger partial charge in [0, 0.05) is 6.54 Å². The van der Waals surface area contributed by atoms with E-state index in [9.17, 15) is 15.5 Å². The van der Waals surface area contributed by atoms with E-state index in [-0.39, 0.29) is 0 Å². The topological polar surface area (TPSA) is 76.3 Å². The summed E-state index contributed by atoms with van der Waals surface area (Å²) in [5, 5.41) is 32.9. The molecule has 2 atom stereocenters. The second-order valence-corrected chi connectivity index (χ2v) is 5.63. The number of aliphatic hydroxyl groups excluding tert-OH is 1. The zero-order valence-electron chi connectivity index (χ0n) is 11.6. The summed E-state index contributed by atoms with van der Waals surface area (Å²) in [6.07, 6.45) is 3.86. The second-order valence-electron chi connectivity index (χ2n) is 5.63. The number of nitriles is 1. The number of nitrogens with one attached hydrogen (secondary N) is 1. The smallest absolute Gasteiger partial charge is 0.126 e. The van der Waals surface area contributed by atoms with Gasteiger partial charge in [-0.3, -0.25) is 5.32 Å². The first-order chi connectivity index (χ1) is 9.64. The maximum atomic E-state index is 10.4. The van der Waals surface area contributed by atoms with E-state index in [0.29, 0.717) is 12.1 Å². The summed E-state index contributed by atoms with van der Waals surface area (Å²) in [4.78, 5) is 0. The highest BCUT2D eigenvalue weighted by atomic mass is 16.3. The molecule has 0 saturated heterocycles. The fraction of sp³-hybridized carbons (Fsp3) is 0.562. The summed E-state index contributed by atoms with van der Waals surface area (Å²) >= 11 is 0. The highest BCUT2D eigenvalue weighted by Gasteiger charge is 2.31. The Hall–Kier alpha value is -1.41. The normalized spacial score (nSPS) is 20.9. The highest BCUT2D eigenvalue weighted by Crippen LogP contribution is 2.27. The van der Waals surface area contributed by atoms with Gasteiger partial charge in [-0.1, -0.05) is 49.6 Å². The zero-order chi connectivity index (χ0) is 14.4. The summed E-state index contributed by atoms with van der Waals surface area (Å²) in [5.41, 5.74) is -0.0220. The minimum atomic E-state index is -0.881. The van der Waals surface area contributed by atoms with Gasteiger partial charge in [-0.05, 0) is 18.4 Å². The Morgan fingerprint density at radius 1 is 1.20 bits per heavy atom. The van der Waals surface area contributed by atoms with Crippen molar-refractivity contribution >= 4 is 0 Å². The average Bonchev–Trinajstić information content (AvgIpc) is 2.49. The number of benzene rings is 1.